The lowest BCUT2D eigenvalue weighted by Gasteiger charge is -2.19. The molecule has 1 heterocycles. The van der Waals surface area contributed by atoms with Gasteiger partial charge in [-0.25, -0.2) is 0 Å². The molecule has 1 aliphatic heterocycles. The average Bonchev–Trinajstić information content (AvgIpc) is 2.88. The molecule has 0 bridgehead atoms. The smallest absolute Gasteiger partial charge is 0.117 e. The van der Waals surface area contributed by atoms with E-state index < -0.39 is 12.2 Å². The van der Waals surface area contributed by atoms with E-state index in [0.717, 1.165) is 5.57 Å². The third-order valence-corrected chi connectivity index (χ3v) is 2.54. The summed E-state index contributed by atoms with van der Waals surface area (Å²) >= 11 is 0. The van der Waals surface area contributed by atoms with Crippen LogP contribution in [0.4, 0.5) is 0 Å². The third-order valence-electron chi connectivity index (χ3n) is 2.54. The first-order valence-electron chi connectivity index (χ1n) is 4.72. The largest absolute Gasteiger partial charge is 0.390 e. The summed E-state index contributed by atoms with van der Waals surface area (Å²) in [5.41, 5.74) is 4.54. The maximum absolute atomic E-state index is 9.72. The quantitative estimate of drug-likeness (QED) is 0.364. The summed E-state index contributed by atoms with van der Waals surface area (Å²) < 4.78 is 5.14. The fourth-order valence-electron chi connectivity index (χ4n) is 1.72. The number of rotatable bonds is 1. The van der Waals surface area contributed by atoms with Gasteiger partial charge in [0.25, 0.3) is 0 Å². The number of ether oxygens (including phenoxy) is 1. The lowest BCUT2D eigenvalue weighted by molar-refractivity contribution is 0.117. The second-order valence-corrected chi connectivity index (χ2v) is 3.94. The van der Waals surface area contributed by atoms with Crippen molar-refractivity contribution in [1.29, 1.82) is 0 Å². The van der Waals surface area contributed by atoms with Gasteiger partial charge in [0.1, 0.15) is 18.3 Å². The minimum atomic E-state index is -0.612. The van der Waals surface area contributed by atoms with Crippen molar-refractivity contribution < 1.29 is 14.9 Å². The number of hydrogen-bond acceptors (Lipinski definition) is 3. The van der Waals surface area contributed by atoms with Gasteiger partial charge in [-0.15, -0.1) is 5.73 Å². The minimum Gasteiger partial charge on any atom is -0.390 e. The Kier molecular flexibility index (Phi) is 2.33. The molecule has 14 heavy (non-hydrogen) atoms. The van der Waals surface area contributed by atoms with E-state index in [1.165, 1.54) is 0 Å². The number of fused-ring (bicyclic) bond motifs is 1. The van der Waals surface area contributed by atoms with Crippen LogP contribution in [0.25, 0.3) is 0 Å². The van der Waals surface area contributed by atoms with E-state index in [-0.39, 0.29) is 12.2 Å². The van der Waals surface area contributed by atoms with E-state index in [9.17, 15) is 10.2 Å². The molecule has 0 aromatic rings. The number of hydrogen-bond donors (Lipinski definition) is 2. The zero-order chi connectivity index (χ0) is 10.3. The number of epoxide rings is 1. The monoisotopic (exact) mass is 194 g/mol. The van der Waals surface area contributed by atoms with Crippen molar-refractivity contribution in [2.45, 2.75) is 37.8 Å². The first-order valence-corrected chi connectivity index (χ1v) is 4.72. The number of aliphatic hydroxyl groups excluding tert-OH is 2. The number of aliphatic hydroxyl groups is 2. The van der Waals surface area contributed by atoms with Gasteiger partial charge in [-0.2, -0.15) is 0 Å². The molecule has 0 aromatic carbocycles. The molecular formula is C11H14O3. The van der Waals surface area contributed by atoms with Crippen LogP contribution in [0.15, 0.2) is 29.5 Å². The van der Waals surface area contributed by atoms with Crippen LogP contribution in [-0.2, 0) is 4.74 Å². The van der Waals surface area contributed by atoms with Crippen LogP contribution in [0, 0.1) is 0 Å². The van der Waals surface area contributed by atoms with Gasteiger partial charge < -0.3 is 14.9 Å². The van der Waals surface area contributed by atoms with Crippen LogP contribution in [0.1, 0.15) is 13.3 Å². The molecule has 2 fully saturated rings. The highest BCUT2D eigenvalue weighted by molar-refractivity contribution is 5.24. The SMILES string of the molecule is C=C(C)C=C=C1C[C@@H](O)[C@@H]2O[C@@H]2[C@H]1O. The summed E-state index contributed by atoms with van der Waals surface area (Å²) in [6, 6.07) is 0. The van der Waals surface area contributed by atoms with Gasteiger partial charge in [0.2, 0.25) is 0 Å². The first-order chi connectivity index (χ1) is 6.59. The maximum atomic E-state index is 9.72. The van der Waals surface area contributed by atoms with Gasteiger partial charge in [0.05, 0.1) is 6.10 Å². The molecule has 4 atom stereocenters. The molecule has 0 radical (unpaired) electrons. The van der Waals surface area contributed by atoms with Crippen molar-refractivity contribution in [1.82, 2.24) is 0 Å². The van der Waals surface area contributed by atoms with Crippen molar-refractivity contribution in [3.63, 3.8) is 0 Å². The van der Waals surface area contributed by atoms with Crippen molar-refractivity contribution in [3.8, 4) is 0 Å². The Bertz CT molecular complexity index is 325. The summed E-state index contributed by atoms with van der Waals surface area (Å²) in [4.78, 5) is 0. The summed E-state index contributed by atoms with van der Waals surface area (Å²) in [5.74, 6) is 0. The Labute approximate surface area is 83.0 Å². The van der Waals surface area contributed by atoms with Crippen LogP contribution in [-0.4, -0.2) is 34.6 Å². The first kappa shape index (κ1) is 9.69. The van der Waals surface area contributed by atoms with E-state index in [1.54, 1.807) is 6.08 Å². The van der Waals surface area contributed by atoms with Crippen LogP contribution < -0.4 is 0 Å². The summed E-state index contributed by atoms with van der Waals surface area (Å²) in [5, 5.41) is 19.3. The van der Waals surface area contributed by atoms with E-state index >= 15 is 0 Å². The zero-order valence-electron chi connectivity index (χ0n) is 8.10. The van der Waals surface area contributed by atoms with Crippen LogP contribution >= 0.6 is 0 Å². The van der Waals surface area contributed by atoms with Gasteiger partial charge in [-0.05, 0) is 13.0 Å². The topological polar surface area (TPSA) is 53.0 Å². The molecule has 2 aliphatic rings. The van der Waals surface area contributed by atoms with Gasteiger partial charge in [0.15, 0.2) is 0 Å². The van der Waals surface area contributed by atoms with Crippen molar-refractivity contribution in [3.05, 3.63) is 29.5 Å². The molecule has 0 aromatic heterocycles. The minimum absolute atomic E-state index is 0.166. The lowest BCUT2D eigenvalue weighted by atomic mass is 9.90. The molecule has 1 saturated carbocycles. The Hall–Kier alpha value is -0.860. The zero-order valence-corrected chi connectivity index (χ0v) is 8.10. The highest BCUT2D eigenvalue weighted by Crippen LogP contribution is 2.39. The van der Waals surface area contributed by atoms with Gasteiger partial charge >= 0.3 is 0 Å². The van der Waals surface area contributed by atoms with Crippen LogP contribution in [0.5, 0.6) is 0 Å². The Balaban J connectivity index is 2.19. The molecule has 0 amide bonds. The second-order valence-electron chi connectivity index (χ2n) is 3.94. The molecular weight excluding hydrogens is 180 g/mol. The normalized spacial score (nSPS) is 39.8. The fraction of sp³-hybridized carbons (Fsp3) is 0.545. The van der Waals surface area contributed by atoms with E-state index in [1.807, 2.05) is 6.92 Å². The van der Waals surface area contributed by atoms with Crippen molar-refractivity contribution >= 4 is 0 Å². The van der Waals surface area contributed by atoms with Crippen molar-refractivity contribution in [2.24, 2.45) is 0 Å². The Morgan fingerprint density at radius 1 is 1.57 bits per heavy atom. The molecule has 3 heteroatoms. The highest BCUT2D eigenvalue weighted by Gasteiger charge is 2.54. The predicted molar refractivity (Wildman–Crippen MR) is 51.7 cm³/mol. The lowest BCUT2D eigenvalue weighted by Crippen LogP contribution is -2.32. The van der Waals surface area contributed by atoms with Gasteiger partial charge in [0, 0.05) is 12.0 Å². The predicted octanol–water partition coefficient (Wildman–Crippen LogP) is 0.537. The molecule has 0 unspecified atom stereocenters. The van der Waals surface area contributed by atoms with Crippen LogP contribution in [0.3, 0.4) is 0 Å². The highest BCUT2D eigenvalue weighted by atomic mass is 16.6. The summed E-state index contributed by atoms with van der Waals surface area (Å²) in [6.45, 7) is 5.56. The molecule has 1 aliphatic carbocycles. The standard InChI is InChI=1S/C11H14O3/c1-6(2)3-4-7-5-8(12)10-11(14-10)9(7)13/h3,8-13H,1,5H2,2H3/t4?,8-,9+,10+,11-/m1/s1. The third kappa shape index (κ3) is 1.68. The Morgan fingerprint density at radius 2 is 2.29 bits per heavy atom. The molecule has 3 nitrogen and oxygen atoms in total. The number of allylic oxidation sites excluding steroid dienone is 1. The van der Waals surface area contributed by atoms with Gasteiger partial charge in [-0.3, -0.25) is 0 Å². The fourth-order valence-corrected chi connectivity index (χ4v) is 1.72. The summed E-state index contributed by atoms with van der Waals surface area (Å²) in [6.07, 6.45) is 0.656. The molecule has 2 rings (SSSR count). The maximum Gasteiger partial charge on any atom is 0.117 e. The Morgan fingerprint density at radius 3 is 2.93 bits per heavy atom. The van der Waals surface area contributed by atoms with Crippen LogP contribution in [0.2, 0.25) is 0 Å². The molecule has 2 N–H and O–H groups in total. The van der Waals surface area contributed by atoms with Crippen molar-refractivity contribution in [2.75, 3.05) is 0 Å². The molecule has 76 valence electrons. The van der Waals surface area contributed by atoms with Gasteiger partial charge in [-0.1, -0.05) is 12.2 Å². The summed E-state index contributed by atoms with van der Waals surface area (Å²) in [7, 11) is 0. The average molecular weight is 194 g/mol. The molecule has 1 saturated heterocycles. The van der Waals surface area contributed by atoms with E-state index in [4.69, 9.17) is 4.74 Å². The van der Waals surface area contributed by atoms with E-state index in [2.05, 4.69) is 12.3 Å². The second kappa shape index (κ2) is 3.37. The molecule has 0 spiro atoms. The van der Waals surface area contributed by atoms with E-state index in [0.29, 0.717) is 12.0 Å².